The molecule has 0 fully saturated rings. The highest BCUT2D eigenvalue weighted by atomic mass is 16.5. The highest BCUT2D eigenvalue weighted by molar-refractivity contribution is 5.88. The minimum Gasteiger partial charge on any atom is -0.496 e. The quantitative estimate of drug-likeness (QED) is 0.377. The lowest BCUT2D eigenvalue weighted by Gasteiger charge is -2.14. The van der Waals surface area contributed by atoms with E-state index < -0.39 is 0 Å². The third-order valence-corrected chi connectivity index (χ3v) is 5.04. The van der Waals surface area contributed by atoms with Gasteiger partial charge in [-0.25, -0.2) is 9.97 Å². The van der Waals surface area contributed by atoms with Crippen LogP contribution in [0.4, 0.5) is 0 Å². The van der Waals surface area contributed by atoms with E-state index >= 15 is 0 Å². The van der Waals surface area contributed by atoms with E-state index in [1.807, 2.05) is 73.7 Å². The third kappa shape index (κ3) is 3.20. The van der Waals surface area contributed by atoms with Gasteiger partial charge in [0.05, 0.1) is 12.6 Å². The van der Waals surface area contributed by atoms with Crippen LogP contribution in [0.2, 0.25) is 0 Å². The van der Waals surface area contributed by atoms with Gasteiger partial charge >= 0.3 is 0 Å². The van der Waals surface area contributed by atoms with Gasteiger partial charge in [-0.2, -0.15) is 0 Å². The van der Waals surface area contributed by atoms with Gasteiger partial charge in [-0.05, 0) is 48.9 Å². The van der Waals surface area contributed by atoms with Gasteiger partial charge in [-0.3, -0.25) is 4.98 Å². The molecule has 5 nitrogen and oxygen atoms in total. The Labute approximate surface area is 174 Å². The van der Waals surface area contributed by atoms with Gasteiger partial charge in [0.25, 0.3) is 0 Å². The molecule has 0 saturated heterocycles. The molecule has 5 rings (SSSR count). The van der Waals surface area contributed by atoms with E-state index in [0.717, 1.165) is 38.9 Å². The Morgan fingerprint density at radius 2 is 1.63 bits per heavy atom. The summed E-state index contributed by atoms with van der Waals surface area (Å²) in [5, 5.41) is 1.80. The van der Waals surface area contributed by atoms with Crippen molar-refractivity contribution in [2.75, 3.05) is 7.11 Å². The molecule has 0 aliphatic rings. The minimum atomic E-state index is 0.661. The molecule has 0 aliphatic heterocycles. The van der Waals surface area contributed by atoms with Crippen LogP contribution >= 0.6 is 0 Å². The summed E-state index contributed by atoms with van der Waals surface area (Å²) >= 11 is 0. The number of aryl methyl sites for hydroxylation is 1. The van der Waals surface area contributed by atoms with Gasteiger partial charge in [0.2, 0.25) is 0 Å². The molecule has 2 aromatic carbocycles. The lowest BCUT2D eigenvalue weighted by atomic mass is 10.1. The molecule has 3 aromatic heterocycles. The summed E-state index contributed by atoms with van der Waals surface area (Å²) in [6.07, 6.45) is 3.50. The number of aromatic nitrogens is 3. The first kappa shape index (κ1) is 18.1. The van der Waals surface area contributed by atoms with E-state index in [-0.39, 0.29) is 0 Å². The maximum atomic E-state index is 6.44. The summed E-state index contributed by atoms with van der Waals surface area (Å²) in [5.41, 5.74) is 4.26. The molecule has 0 bridgehead atoms. The van der Waals surface area contributed by atoms with Gasteiger partial charge < -0.3 is 9.47 Å². The molecule has 146 valence electrons. The second-order valence-corrected chi connectivity index (χ2v) is 7.00. The van der Waals surface area contributed by atoms with E-state index in [9.17, 15) is 0 Å². The molecule has 0 spiro atoms. The van der Waals surface area contributed by atoms with E-state index in [2.05, 4.69) is 9.97 Å². The summed E-state index contributed by atoms with van der Waals surface area (Å²) in [7, 11) is 1.67. The predicted molar refractivity (Wildman–Crippen MR) is 118 cm³/mol. The van der Waals surface area contributed by atoms with Crippen molar-refractivity contribution in [2.24, 2.45) is 0 Å². The lowest BCUT2D eigenvalue weighted by molar-refractivity contribution is 0.412. The molecule has 0 N–H and O–H groups in total. The second kappa shape index (κ2) is 7.44. The van der Waals surface area contributed by atoms with Crippen molar-refractivity contribution in [3.63, 3.8) is 0 Å². The van der Waals surface area contributed by atoms with Crippen LogP contribution in [0, 0.1) is 6.92 Å². The van der Waals surface area contributed by atoms with Crippen LogP contribution in [0.3, 0.4) is 0 Å². The third-order valence-electron chi connectivity index (χ3n) is 5.04. The molecule has 0 unspecified atom stereocenters. The molecule has 0 radical (unpaired) electrons. The summed E-state index contributed by atoms with van der Waals surface area (Å²) in [4.78, 5) is 13.7. The molecule has 0 amide bonds. The van der Waals surface area contributed by atoms with E-state index in [4.69, 9.17) is 14.5 Å². The maximum absolute atomic E-state index is 6.44. The zero-order chi connectivity index (χ0) is 20.5. The van der Waals surface area contributed by atoms with Crippen molar-refractivity contribution < 1.29 is 9.47 Å². The van der Waals surface area contributed by atoms with Gasteiger partial charge in [0.15, 0.2) is 11.4 Å². The van der Waals surface area contributed by atoms with Crippen molar-refractivity contribution in [1.29, 1.82) is 0 Å². The molecular formula is C25H19N3O2. The molecular weight excluding hydrogens is 374 g/mol. The SMILES string of the molecule is COc1cc2c(Oc3cc4cccnc4nc3-c3ccccc3)ccnc2cc1C. The predicted octanol–water partition coefficient (Wildman–Crippen LogP) is 5.95. The number of fused-ring (bicyclic) bond motifs is 2. The van der Waals surface area contributed by atoms with Crippen LogP contribution in [-0.4, -0.2) is 22.1 Å². The van der Waals surface area contributed by atoms with Crippen LogP contribution in [0.1, 0.15) is 5.56 Å². The van der Waals surface area contributed by atoms with Crippen LogP contribution in [-0.2, 0) is 0 Å². The molecule has 30 heavy (non-hydrogen) atoms. The summed E-state index contributed by atoms with van der Waals surface area (Å²) in [6, 6.07) is 21.7. The highest BCUT2D eigenvalue weighted by Gasteiger charge is 2.15. The van der Waals surface area contributed by atoms with Gasteiger partial charge in [-0.15, -0.1) is 0 Å². The fourth-order valence-corrected chi connectivity index (χ4v) is 3.55. The zero-order valence-electron chi connectivity index (χ0n) is 16.7. The summed E-state index contributed by atoms with van der Waals surface area (Å²) in [5.74, 6) is 2.15. The van der Waals surface area contributed by atoms with Crippen LogP contribution in [0.5, 0.6) is 17.2 Å². The Kier molecular flexibility index (Phi) is 4.48. The Bertz CT molecular complexity index is 1370. The second-order valence-electron chi connectivity index (χ2n) is 7.00. The first-order valence-corrected chi connectivity index (χ1v) is 9.65. The van der Waals surface area contributed by atoms with E-state index in [1.54, 1.807) is 19.5 Å². The van der Waals surface area contributed by atoms with Crippen LogP contribution in [0.15, 0.2) is 79.1 Å². The Morgan fingerprint density at radius 1 is 0.767 bits per heavy atom. The number of benzene rings is 2. The molecule has 5 heteroatoms. The number of nitrogens with zero attached hydrogens (tertiary/aromatic N) is 3. The Balaban J connectivity index is 1.70. The monoisotopic (exact) mass is 393 g/mol. The zero-order valence-corrected chi connectivity index (χ0v) is 16.7. The van der Waals surface area contributed by atoms with Crippen molar-refractivity contribution in [3.05, 3.63) is 84.7 Å². The van der Waals surface area contributed by atoms with Gasteiger partial charge in [-0.1, -0.05) is 30.3 Å². The van der Waals surface area contributed by atoms with Crippen LogP contribution < -0.4 is 9.47 Å². The first-order chi connectivity index (χ1) is 14.7. The summed E-state index contributed by atoms with van der Waals surface area (Å²) in [6.45, 7) is 2.00. The van der Waals surface area contributed by atoms with Crippen LogP contribution in [0.25, 0.3) is 33.2 Å². The van der Waals surface area contributed by atoms with Crippen molar-refractivity contribution in [3.8, 4) is 28.5 Å². The fraction of sp³-hybridized carbons (Fsp3) is 0.0800. The first-order valence-electron chi connectivity index (χ1n) is 9.65. The van der Waals surface area contributed by atoms with Gasteiger partial charge in [0.1, 0.15) is 17.2 Å². The average molecular weight is 393 g/mol. The number of rotatable bonds is 4. The lowest BCUT2D eigenvalue weighted by Crippen LogP contribution is -1.96. The number of hydrogen-bond acceptors (Lipinski definition) is 5. The molecule has 5 aromatic rings. The normalized spacial score (nSPS) is 11.0. The van der Waals surface area contributed by atoms with E-state index in [1.165, 1.54) is 0 Å². The number of hydrogen-bond donors (Lipinski definition) is 0. The maximum Gasteiger partial charge on any atom is 0.160 e. The van der Waals surface area contributed by atoms with Crippen molar-refractivity contribution in [1.82, 2.24) is 15.0 Å². The molecule has 0 saturated carbocycles. The topological polar surface area (TPSA) is 57.1 Å². The van der Waals surface area contributed by atoms with E-state index in [0.29, 0.717) is 17.1 Å². The molecule has 3 heterocycles. The number of methoxy groups -OCH3 is 1. The standard InChI is InChI=1S/C25H19N3O2/c1-16-13-20-19(15-22(16)29-2)21(10-12-26-20)30-23-14-18-9-6-11-27-25(18)28-24(23)17-7-4-3-5-8-17/h3-15H,1-2H3. The highest BCUT2D eigenvalue weighted by Crippen LogP contribution is 2.37. The fourth-order valence-electron chi connectivity index (χ4n) is 3.55. The summed E-state index contributed by atoms with van der Waals surface area (Å²) < 4.78 is 11.9. The smallest absolute Gasteiger partial charge is 0.160 e. The number of ether oxygens (including phenoxy) is 2. The minimum absolute atomic E-state index is 0.661. The van der Waals surface area contributed by atoms with Crippen molar-refractivity contribution >= 4 is 21.9 Å². The number of pyridine rings is 3. The largest absolute Gasteiger partial charge is 0.496 e. The molecule has 0 aliphatic carbocycles. The Morgan fingerprint density at radius 3 is 2.47 bits per heavy atom. The average Bonchev–Trinajstić information content (AvgIpc) is 2.79. The molecule has 0 atom stereocenters. The van der Waals surface area contributed by atoms with Gasteiger partial charge in [0, 0.05) is 28.7 Å². The Hall–Kier alpha value is -3.99. The van der Waals surface area contributed by atoms with Crippen molar-refractivity contribution in [2.45, 2.75) is 6.92 Å².